The summed E-state index contributed by atoms with van der Waals surface area (Å²) in [5.74, 6) is 0. The van der Waals surface area contributed by atoms with Crippen molar-refractivity contribution in [3.8, 4) is 10.6 Å². The van der Waals surface area contributed by atoms with E-state index in [0.717, 1.165) is 20.8 Å². The van der Waals surface area contributed by atoms with Crippen LogP contribution in [0, 0.1) is 6.92 Å². The third-order valence-electron chi connectivity index (χ3n) is 4.10. The van der Waals surface area contributed by atoms with Gasteiger partial charge in [0.05, 0.1) is 25.8 Å². The predicted octanol–water partition coefficient (Wildman–Crippen LogP) is 6.38. The van der Waals surface area contributed by atoms with Crippen LogP contribution in [0.5, 0.6) is 0 Å². The number of hydrogen-bond acceptors (Lipinski definition) is 4. The number of hydrogen-bond donors (Lipinski definition) is 1. The zero-order valence-electron chi connectivity index (χ0n) is 14.6. The molecule has 1 N–H and O–H groups in total. The first-order chi connectivity index (χ1) is 13.3. The van der Waals surface area contributed by atoms with Crippen LogP contribution in [0.4, 0.5) is 5.69 Å². The Morgan fingerprint density at radius 2 is 1.82 bits per heavy atom. The first kappa shape index (κ1) is 19.2. The molecule has 0 atom stereocenters. The van der Waals surface area contributed by atoms with Gasteiger partial charge in [-0.05, 0) is 61.0 Å². The van der Waals surface area contributed by atoms with E-state index in [4.69, 9.17) is 23.2 Å². The van der Waals surface area contributed by atoms with Crippen LogP contribution >= 0.6 is 34.5 Å². The predicted molar refractivity (Wildman–Crippen MR) is 117 cm³/mol. The zero-order valence-corrected chi connectivity index (χ0v) is 17.8. The normalized spacial score (nSPS) is 11.7. The van der Waals surface area contributed by atoms with E-state index in [9.17, 15) is 8.42 Å². The van der Waals surface area contributed by atoms with Crippen LogP contribution in [0.1, 0.15) is 5.56 Å². The molecule has 4 nitrogen and oxygen atoms in total. The van der Waals surface area contributed by atoms with Gasteiger partial charge in [0.1, 0.15) is 5.01 Å². The fraction of sp³-hybridized carbons (Fsp3) is 0.0500. The number of thiazole rings is 1. The van der Waals surface area contributed by atoms with Gasteiger partial charge in [-0.1, -0.05) is 35.3 Å². The van der Waals surface area contributed by atoms with Gasteiger partial charge in [-0.15, -0.1) is 11.3 Å². The van der Waals surface area contributed by atoms with Crippen molar-refractivity contribution in [3.05, 3.63) is 76.3 Å². The molecule has 0 aliphatic heterocycles. The van der Waals surface area contributed by atoms with E-state index in [0.29, 0.717) is 15.7 Å². The Kier molecular flexibility index (Phi) is 5.05. The number of fused-ring (bicyclic) bond motifs is 1. The van der Waals surface area contributed by atoms with Gasteiger partial charge < -0.3 is 0 Å². The lowest BCUT2D eigenvalue weighted by Gasteiger charge is -2.10. The Hall–Kier alpha value is -2.12. The molecule has 28 heavy (non-hydrogen) atoms. The van der Waals surface area contributed by atoms with Crippen LogP contribution in [0.25, 0.3) is 20.8 Å². The third kappa shape index (κ3) is 3.86. The lowest BCUT2D eigenvalue weighted by Crippen LogP contribution is -2.12. The maximum atomic E-state index is 12.5. The molecule has 0 amide bonds. The molecular weight excluding hydrogens is 435 g/mol. The highest BCUT2D eigenvalue weighted by atomic mass is 35.5. The second-order valence-electron chi connectivity index (χ2n) is 6.25. The van der Waals surface area contributed by atoms with Gasteiger partial charge in [0, 0.05) is 10.6 Å². The lowest BCUT2D eigenvalue weighted by molar-refractivity contribution is 0.601. The molecule has 3 aromatic carbocycles. The fourth-order valence-corrected chi connectivity index (χ4v) is 5.53. The average molecular weight is 449 g/mol. The molecule has 0 aliphatic carbocycles. The van der Waals surface area contributed by atoms with Crippen LogP contribution in [-0.4, -0.2) is 13.4 Å². The van der Waals surface area contributed by atoms with Gasteiger partial charge in [-0.25, -0.2) is 13.4 Å². The average Bonchev–Trinajstić information content (AvgIpc) is 3.04. The molecule has 1 aromatic heterocycles. The number of nitrogens with zero attached hydrogens (tertiary/aromatic N) is 1. The summed E-state index contributed by atoms with van der Waals surface area (Å²) in [6.07, 6.45) is 0. The van der Waals surface area contributed by atoms with Crippen molar-refractivity contribution in [2.45, 2.75) is 11.8 Å². The standard InChI is InChI=1S/C20H14Cl2N2O2S2/c1-12-5-8-18-19(9-12)27-20(23-18)16-7-6-14(11-17(16)22)24-28(25,26)15-4-2-3-13(21)10-15/h2-11,24H,1H3. The minimum absolute atomic E-state index is 0.0849. The van der Waals surface area contributed by atoms with Crippen molar-refractivity contribution < 1.29 is 8.42 Å². The minimum atomic E-state index is -3.76. The highest BCUT2D eigenvalue weighted by Crippen LogP contribution is 2.36. The minimum Gasteiger partial charge on any atom is -0.280 e. The summed E-state index contributed by atoms with van der Waals surface area (Å²) in [6.45, 7) is 2.03. The maximum Gasteiger partial charge on any atom is 0.261 e. The molecular formula is C20H14Cl2N2O2S2. The summed E-state index contributed by atoms with van der Waals surface area (Å²) in [5.41, 5.74) is 3.20. The van der Waals surface area contributed by atoms with Crippen LogP contribution in [0.2, 0.25) is 10.0 Å². The quantitative estimate of drug-likeness (QED) is 0.393. The van der Waals surface area contributed by atoms with Crippen molar-refractivity contribution in [1.82, 2.24) is 4.98 Å². The van der Waals surface area contributed by atoms with Crippen LogP contribution in [0.3, 0.4) is 0 Å². The maximum absolute atomic E-state index is 12.5. The van der Waals surface area contributed by atoms with Crippen molar-refractivity contribution in [2.24, 2.45) is 0 Å². The molecule has 0 radical (unpaired) electrons. The van der Waals surface area contributed by atoms with Gasteiger partial charge in [0.25, 0.3) is 10.0 Å². The van der Waals surface area contributed by atoms with E-state index in [1.54, 1.807) is 41.7 Å². The summed E-state index contributed by atoms with van der Waals surface area (Å²) in [6, 6.07) is 17.2. The number of anilines is 1. The Balaban J connectivity index is 1.65. The molecule has 4 rings (SSSR count). The van der Waals surface area contributed by atoms with Gasteiger partial charge in [0.2, 0.25) is 0 Å². The molecule has 0 saturated heterocycles. The molecule has 4 aromatic rings. The molecule has 0 spiro atoms. The zero-order chi connectivity index (χ0) is 19.9. The van der Waals surface area contributed by atoms with Gasteiger partial charge in [-0.2, -0.15) is 0 Å². The van der Waals surface area contributed by atoms with E-state index in [1.165, 1.54) is 17.7 Å². The number of nitrogens with one attached hydrogen (secondary N) is 1. The number of aromatic nitrogens is 1. The SMILES string of the molecule is Cc1ccc2nc(-c3ccc(NS(=O)(=O)c4cccc(Cl)c4)cc3Cl)sc2c1. The first-order valence-electron chi connectivity index (χ1n) is 8.27. The summed E-state index contributed by atoms with van der Waals surface area (Å²) < 4.78 is 28.7. The number of halogens is 2. The second kappa shape index (κ2) is 7.37. The van der Waals surface area contributed by atoms with Gasteiger partial charge in [-0.3, -0.25) is 4.72 Å². The lowest BCUT2D eigenvalue weighted by atomic mass is 10.2. The van der Waals surface area contributed by atoms with E-state index in [2.05, 4.69) is 15.8 Å². The smallest absolute Gasteiger partial charge is 0.261 e. The van der Waals surface area contributed by atoms with Crippen molar-refractivity contribution >= 4 is 60.5 Å². The Morgan fingerprint density at radius 1 is 1.00 bits per heavy atom. The Bertz CT molecular complexity index is 1300. The summed E-state index contributed by atoms with van der Waals surface area (Å²) in [4.78, 5) is 4.71. The number of aryl methyl sites for hydroxylation is 1. The van der Waals surface area contributed by atoms with Gasteiger partial charge in [0.15, 0.2) is 0 Å². The van der Waals surface area contributed by atoms with Crippen LogP contribution < -0.4 is 4.72 Å². The summed E-state index contributed by atoms with van der Waals surface area (Å²) in [7, 11) is -3.76. The summed E-state index contributed by atoms with van der Waals surface area (Å²) in [5, 5.41) is 1.55. The highest BCUT2D eigenvalue weighted by Gasteiger charge is 2.16. The number of benzene rings is 3. The Labute approximate surface area is 176 Å². The van der Waals surface area contributed by atoms with Gasteiger partial charge >= 0.3 is 0 Å². The van der Waals surface area contributed by atoms with E-state index in [1.807, 2.05) is 19.1 Å². The molecule has 1 heterocycles. The van der Waals surface area contributed by atoms with E-state index in [-0.39, 0.29) is 4.90 Å². The summed E-state index contributed by atoms with van der Waals surface area (Å²) >= 11 is 13.9. The third-order valence-corrected chi connectivity index (χ3v) is 7.08. The van der Waals surface area contributed by atoms with E-state index < -0.39 is 10.0 Å². The van der Waals surface area contributed by atoms with Crippen molar-refractivity contribution in [3.63, 3.8) is 0 Å². The van der Waals surface area contributed by atoms with Crippen molar-refractivity contribution in [1.29, 1.82) is 0 Å². The molecule has 0 unspecified atom stereocenters. The van der Waals surface area contributed by atoms with E-state index >= 15 is 0 Å². The molecule has 0 bridgehead atoms. The molecule has 0 aliphatic rings. The highest BCUT2D eigenvalue weighted by molar-refractivity contribution is 7.92. The topological polar surface area (TPSA) is 59.1 Å². The molecule has 8 heteroatoms. The number of rotatable bonds is 4. The second-order valence-corrected chi connectivity index (χ2v) is 9.80. The largest absolute Gasteiger partial charge is 0.280 e. The van der Waals surface area contributed by atoms with Crippen molar-refractivity contribution in [2.75, 3.05) is 4.72 Å². The molecule has 142 valence electrons. The Morgan fingerprint density at radius 3 is 2.57 bits per heavy atom. The first-order valence-corrected chi connectivity index (χ1v) is 11.3. The molecule has 0 saturated carbocycles. The number of sulfonamides is 1. The van der Waals surface area contributed by atoms with Crippen LogP contribution in [0.15, 0.2) is 65.6 Å². The monoisotopic (exact) mass is 448 g/mol. The molecule has 0 fully saturated rings. The van der Waals surface area contributed by atoms with Crippen LogP contribution in [-0.2, 0) is 10.0 Å². The fourth-order valence-electron chi connectivity index (χ4n) is 2.75.